The third-order valence-electron chi connectivity index (χ3n) is 5.15. The van der Waals surface area contributed by atoms with Gasteiger partial charge in [0.05, 0.1) is 11.4 Å². The zero-order valence-electron chi connectivity index (χ0n) is 15.0. The SMILES string of the molecule is Fc1ccc(CNc2ccc3c(c2)Cc2c(-c4ccccc4)n[nH]c2-3)c(F)c1. The molecule has 5 rings (SSSR count). The van der Waals surface area contributed by atoms with Crippen molar-refractivity contribution in [2.75, 3.05) is 5.32 Å². The fraction of sp³-hybridized carbons (Fsp3) is 0.0870. The van der Waals surface area contributed by atoms with Gasteiger partial charge >= 0.3 is 0 Å². The van der Waals surface area contributed by atoms with Crippen molar-refractivity contribution in [3.8, 4) is 22.5 Å². The highest BCUT2D eigenvalue weighted by atomic mass is 19.1. The molecule has 3 nitrogen and oxygen atoms in total. The van der Waals surface area contributed by atoms with E-state index in [0.717, 1.165) is 40.7 Å². The zero-order valence-corrected chi connectivity index (χ0v) is 15.0. The molecule has 1 aromatic heterocycles. The summed E-state index contributed by atoms with van der Waals surface area (Å²) in [6, 6.07) is 19.9. The molecule has 0 fully saturated rings. The maximum atomic E-state index is 13.8. The standard InChI is InChI=1S/C23H17F2N3/c24-17-7-6-15(21(25)12-17)13-26-18-8-9-19-16(10-18)11-20-22(27-28-23(19)20)14-4-2-1-3-5-14/h1-10,12,26H,11,13H2,(H,27,28). The molecule has 1 aliphatic carbocycles. The number of rotatable bonds is 4. The number of H-pyrrole nitrogens is 1. The molecule has 1 heterocycles. The highest BCUT2D eigenvalue weighted by Crippen LogP contribution is 2.40. The molecule has 138 valence electrons. The van der Waals surface area contributed by atoms with Crippen LogP contribution in [0.2, 0.25) is 0 Å². The summed E-state index contributed by atoms with van der Waals surface area (Å²) in [6.45, 7) is 0.299. The van der Waals surface area contributed by atoms with E-state index in [1.165, 1.54) is 23.3 Å². The van der Waals surface area contributed by atoms with Crippen molar-refractivity contribution in [3.05, 3.63) is 95.1 Å². The Hall–Kier alpha value is -3.47. The van der Waals surface area contributed by atoms with Gasteiger partial charge in [0, 0.05) is 47.0 Å². The molecule has 0 atom stereocenters. The van der Waals surface area contributed by atoms with Crippen LogP contribution >= 0.6 is 0 Å². The van der Waals surface area contributed by atoms with Gasteiger partial charge in [0.25, 0.3) is 0 Å². The first-order chi connectivity index (χ1) is 13.7. The summed E-state index contributed by atoms with van der Waals surface area (Å²) < 4.78 is 26.9. The Balaban J connectivity index is 1.39. The second-order valence-electron chi connectivity index (χ2n) is 6.93. The van der Waals surface area contributed by atoms with E-state index in [1.807, 2.05) is 24.3 Å². The van der Waals surface area contributed by atoms with Gasteiger partial charge in [0.2, 0.25) is 0 Å². The first-order valence-electron chi connectivity index (χ1n) is 9.13. The van der Waals surface area contributed by atoms with E-state index < -0.39 is 11.6 Å². The number of hydrogen-bond donors (Lipinski definition) is 2. The van der Waals surface area contributed by atoms with Gasteiger partial charge in [-0.05, 0) is 23.8 Å². The minimum absolute atomic E-state index is 0.299. The lowest BCUT2D eigenvalue weighted by atomic mass is 10.1. The molecule has 0 unspecified atom stereocenters. The van der Waals surface area contributed by atoms with Gasteiger partial charge in [-0.2, -0.15) is 5.10 Å². The summed E-state index contributed by atoms with van der Waals surface area (Å²) >= 11 is 0. The Morgan fingerprint density at radius 1 is 0.964 bits per heavy atom. The number of halogens is 2. The molecule has 0 radical (unpaired) electrons. The molecule has 0 bridgehead atoms. The van der Waals surface area contributed by atoms with Crippen molar-refractivity contribution in [1.29, 1.82) is 0 Å². The molecular formula is C23H17F2N3. The Kier molecular flexibility index (Phi) is 3.93. The van der Waals surface area contributed by atoms with Crippen LogP contribution in [0.1, 0.15) is 16.7 Å². The third-order valence-corrected chi connectivity index (χ3v) is 5.15. The number of aromatic nitrogens is 2. The van der Waals surface area contributed by atoms with E-state index in [1.54, 1.807) is 0 Å². The summed E-state index contributed by atoms with van der Waals surface area (Å²) in [5.41, 5.74) is 8.01. The van der Waals surface area contributed by atoms with Gasteiger partial charge in [-0.3, -0.25) is 5.10 Å². The van der Waals surface area contributed by atoms with Crippen molar-refractivity contribution in [2.24, 2.45) is 0 Å². The molecule has 0 amide bonds. The van der Waals surface area contributed by atoms with E-state index in [-0.39, 0.29) is 0 Å². The molecule has 0 spiro atoms. The number of anilines is 1. The molecule has 28 heavy (non-hydrogen) atoms. The third kappa shape index (κ3) is 2.85. The maximum absolute atomic E-state index is 13.8. The summed E-state index contributed by atoms with van der Waals surface area (Å²) in [7, 11) is 0. The Morgan fingerprint density at radius 3 is 2.64 bits per heavy atom. The lowest BCUT2D eigenvalue weighted by Crippen LogP contribution is -2.02. The molecule has 0 aliphatic heterocycles. The predicted molar refractivity (Wildman–Crippen MR) is 106 cm³/mol. The van der Waals surface area contributed by atoms with Crippen LogP contribution in [-0.2, 0) is 13.0 Å². The van der Waals surface area contributed by atoms with Crippen LogP contribution in [0, 0.1) is 11.6 Å². The summed E-state index contributed by atoms with van der Waals surface area (Å²) in [5.74, 6) is -1.11. The molecule has 3 aromatic carbocycles. The van der Waals surface area contributed by atoms with Gasteiger partial charge in [-0.25, -0.2) is 8.78 Å². The predicted octanol–water partition coefficient (Wildman–Crippen LogP) is 5.54. The average molecular weight is 373 g/mol. The highest BCUT2D eigenvalue weighted by molar-refractivity contribution is 5.82. The fourth-order valence-electron chi connectivity index (χ4n) is 3.74. The number of hydrogen-bond acceptors (Lipinski definition) is 2. The molecule has 2 N–H and O–H groups in total. The fourth-order valence-corrected chi connectivity index (χ4v) is 3.74. The van der Waals surface area contributed by atoms with Crippen molar-refractivity contribution in [1.82, 2.24) is 10.2 Å². The molecule has 1 aliphatic rings. The van der Waals surface area contributed by atoms with Crippen LogP contribution in [0.4, 0.5) is 14.5 Å². The Morgan fingerprint density at radius 2 is 1.82 bits per heavy atom. The van der Waals surface area contributed by atoms with Gasteiger partial charge in [-0.15, -0.1) is 0 Å². The highest BCUT2D eigenvalue weighted by Gasteiger charge is 2.25. The topological polar surface area (TPSA) is 40.7 Å². The summed E-state index contributed by atoms with van der Waals surface area (Å²) in [6.07, 6.45) is 0.797. The Bertz CT molecular complexity index is 1170. The lowest BCUT2D eigenvalue weighted by molar-refractivity contribution is 0.574. The molecular weight excluding hydrogens is 356 g/mol. The van der Waals surface area contributed by atoms with E-state index in [4.69, 9.17) is 0 Å². The number of aromatic amines is 1. The molecule has 0 saturated heterocycles. The summed E-state index contributed by atoms with van der Waals surface area (Å²) in [4.78, 5) is 0. The normalized spacial score (nSPS) is 11.9. The van der Waals surface area contributed by atoms with Crippen LogP contribution in [0.15, 0.2) is 66.7 Å². The van der Waals surface area contributed by atoms with Gasteiger partial charge < -0.3 is 5.32 Å². The van der Waals surface area contributed by atoms with E-state index in [0.29, 0.717) is 12.1 Å². The number of fused-ring (bicyclic) bond motifs is 3. The average Bonchev–Trinajstić information content (AvgIpc) is 3.26. The van der Waals surface area contributed by atoms with Crippen molar-refractivity contribution in [2.45, 2.75) is 13.0 Å². The van der Waals surface area contributed by atoms with Crippen molar-refractivity contribution >= 4 is 5.69 Å². The maximum Gasteiger partial charge on any atom is 0.131 e. The van der Waals surface area contributed by atoms with Crippen LogP contribution in [-0.4, -0.2) is 10.2 Å². The van der Waals surface area contributed by atoms with Crippen molar-refractivity contribution in [3.63, 3.8) is 0 Å². The van der Waals surface area contributed by atoms with Crippen LogP contribution in [0.25, 0.3) is 22.5 Å². The van der Waals surface area contributed by atoms with Crippen molar-refractivity contribution < 1.29 is 8.78 Å². The Labute approximate surface area is 161 Å². The quantitative estimate of drug-likeness (QED) is 0.434. The van der Waals surface area contributed by atoms with Crippen LogP contribution in [0.5, 0.6) is 0 Å². The van der Waals surface area contributed by atoms with E-state index in [9.17, 15) is 8.78 Å². The van der Waals surface area contributed by atoms with Crippen LogP contribution < -0.4 is 5.32 Å². The second-order valence-corrected chi connectivity index (χ2v) is 6.93. The second kappa shape index (κ2) is 6.60. The van der Waals surface area contributed by atoms with Crippen LogP contribution in [0.3, 0.4) is 0 Å². The van der Waals surface area contributed by atoms with Gasteiger partial charge in [0.15, 0.2) is 0 Å². The van der Waals surface area contributed by atoms with E-state index >= 15 is 0 Å². The van der Waals surface area contributed by atoms with Gasteiger partial charge in [-0.1, -0.05) is 42.5 Å². The molecule has 4 aromatic rings. The summed E-state index contributed by atoms with van der Waals surface area (Å²) in [5, 5.41) is 10.9. The number of nitrogens with zero attached hydrogens (tertiary/aromatic N) is 1. The smallest absolute Gasteiger partial charge is 0.131 e. The number of benzene rings is 3. The molecule has 0 saturated carbocycles. The van der Waals surface area contributed by atoms with Gasteiger partial charge in [0.1, 0.15) is 11.6 Å². The molecule has 5 heteroatoms. The number of nitrogens with one attached hydrogen (secondary N) is 2. The minimum Gasteiger partial charge on any atom is -0.381 e. The lowest BCUT2D eigenvalue weighted by Gasteiger charge is -2.09. The minimum atomic E-state index is -0.567. The zero-order chi connectivity index (χ0) is 19.1. The van der Waals surface area contributed by atoms with E-state index in [2.05, 4.69) is 39.8 Å². The monoisotopic (exact) mass is 373 g/mol. The largest absolute Gasteiger partial charge is 0.381 e. The first-order valence-corrected chi connectivity index (χ1v) is 9.13. The first kappa shape index (κ1) is 16.7.